The second-order valence-electron chi connectivity index (χ2n) is 4.88. The maximum atomic E-state index is 5.57. The SMILES string of the molecule is Cc1ccc2c(ccn2CCC2OCCCO2)c1. The summed E-state index contributed by atoms with van der Waals surface area (Å²) < 4.78 is 13.4. The van der Waals surface area contributed by atoms with Crippen LogP contribution in [0.1, 0.15) is 18.4 Å². The van der Waals surface area contributed by atoms with Gasteiger partial charge in [0.15, 0.2) is 6.29 Å². The van der Waals surface area contributed by atoms with Crippen molar-refractivity contribution in [2.45, 2.75) is 32.6 Å². The van der Waals surface area contributed by atoms with Gasteiger partial charge in [0.25, 0.3) is 0 Å². The zero-order valence-corrected chi connectivity index (χ0v) is 10.8. The molecule has 0 amide bonds. The molecule has 1 fully saturated rings. The zero-order chi connectivity index (χ0) is 12.4. The van der Waals surface area contributed by atoms with Gasteiger partial charge >= 0.3 is 0 Å². The third kappa shape index (κ3) is 2.42. The highest BCUT2D eigenvalue weighted by molar-refractivity contribution is 5.80. The predicted octanol–water partition coefficient (Wildman–Crippen LogP) is 3.10. The molecule has 0 bridgehead atoms. The Balaban J connectivity index is 1.70. The minimum atomic E-state index is -0.0263. The molecule has 0 unspecified atom stereocenters. The molecule has 18 heavy (non-hydrogen) atoms. The maximum Gasteiger partial charge on any atom is 0.159 e. The number of nitrogens with zero attached hydrogens (tertiary/aromatic N) is 1. The van der Waals surface area contributed by atoms with E-state index >= 15 is 0 Å². The summed E-state index contributed by atoms with van der Waals surface area (Å²) in [6.07, 6.45) is 4.05. The fourth-order valence-electron chi connectivity index (χ4n) is 2.46. The Morgan fingerprint density at radius 1 is 1.22 bits per heavy atom. The molecule has 96 valence electrons. The van der Waals surface area contributed by atoms with E-state index in [9.17, 15) is 0 Å². The molecule has 1 aliphatic rings. The van der Waals surface area contributed by atoms with Gasteiger partial charge in [-0.1, -0.05) is 11.6 Å². The van der Waals surface area contributed by atoms with E-state index in [0.717, 1.165) is 32.6 Å². The molecule has 0 atom stereocenters. The highest BCUT2D eigenvalue weighted by Crippen LogP contribution is 2.19. The van der Waals surface area contributed by atoms with Gasteiger partial charge in [-0.15, -0.1) is 0 Å². The molecule has 0 spiro atoms. The van der Waals surface area contributed by atoms with E-state index in [1.807, 2.05) is 0 Å². The summed E-state index contributed by atoms with van der Waals surface area (Å²) in [6, 6.07) is 8.74. The number of fused-ring (bicyclic) bond motifs is 1. The number of rotatable bonds is 3. The lowest BCUT2D eigenvalue weighted by atomic mass is 10.2. The van der Waals surface area contributed by atoms with Crippen LogP contribution in [0.25, 0.3) is 10.9 Å². The first-order valence-corrected chi connectivity index (χ1v) is 6.62. The second-order valence-corrected chi connectivity index (χ2v) is 4.88. The topological polar surface area (TPSA) is 23.4 Å². The van der Waals surface area contributed by atoms with Crippen molar-refractivity contribution in [1.29, 1.82) is 0 Å². The van der Waals surface area contributed by atoms with Crippen LogP contribution < -0.4 is 0 Å². The Hall–Kier alpha value is -1.32. The van der Waals surface area contributed by atoms with E-state index in [4.69, 9.17) is 9.47 Å². The van der Waals surface area contributed by atoms with Gasteiger partial charge in [-0.2, -0.15) is 0 Å². The molecule has 0 saturated carbocycles. The molecule has 1 aromatic carbocycles. The fraction of sp³-hybridized carbons (Fsp3) is 0.467. The number of hydrogen-bond acceptors (Lipinski definition) is 2. The Labute approximate surface area is 107 Å². The number of benzene rings is 1. The van der Waals surface area contributed by atoms with Crippen LogP contribution in [-0.2, 0) is 16.0 Å². The zero-order valence-electron chi connectivity index (χ0n) is 10.8. The Morgan fingerprint density at radius 3 is 2.89 bits per heavy atom. The Morgan fingerprint density at radius 2 is 2.06 bits per heavy atom. The average Bonchev–Trinajstić information content (AvgIpc) is 2.80. The van der Waals surface area contributed by atoms with Gasteiger partial charge in [0.1, 0.15) is 0 Å². The number of hydrogen-bond donors (Lipinski definition) is 0. The number of aryl methyl sites for hydroxylation is 2. The molecule has 0 N–H and O–H groups in total. The van der Waals surface area contributed by atoms with Gasteiger partial charge < -0.3 is 14.0 Å². The molecular weight excluding hydrogens is 226 g/mol. The molecule has 1 aliphatic heterocycles. The first-order valence-electron chi connectivity index (χ1n) is 6.62. The van der Waals surface area contributed by atoms with E-state index in [1.54, 1.807) is 0 Å². The van der Waals surface area contributed by atoms with Crippen LogP contribution in [0.15, 0.2) is 30.5 Å². The highest BCUT2D eigenvalue weighted by atomic mass is 16.7. The molecule has 3 nitrogen and oxygen atoms in total. The minimum Gasteiger partial charge on any atom is -0.353 e. The molecule has 2 heterocycles. The van der Waals surface area contributed by atoms with E-state index in [1.165, 1.54) is 16.5 Å². The van der Waals surface area contributed by atoms with Crippen molar-refractivity contribution < 1.29 is 9.47 Å². The summed E-state index contributed by atoms with van der Waals surface area (Å²) in [5, 5.41) is 1.31. The van der Waals surface area contributed by atoms with Gasteiger partial charge in [-0.3, -0.25) is 0 Å². The van der Waals surface area contributed by atoms with Gasteiger partial charge in [0.05, 0.1) is 13.2 Å². The molecule has 2 aromatic rings. The lowest BCUT2D eigenvalue weighted by molar-refractivity contribution is -0.182. The highest BCUT2D eigenvalue weighted by Gasteiger charge is 2.14. The monoisotopic (exact) mass is 245 g/mol. The lowest BCUT2D eigenvalue weighted by Gasteiger charge is -2.23. The fourth-order valence-corrected chi connectivity index (χ4v) is 2.46. The molecule has 1 saturated heterocycles. The number of ether oxygens (including phenoxy) is 2. The van der Waals surface area contributed by atoms with Gasteiger partial charge in [0, 0.05) is 24.7 Å². The van der Waals surface area contributed by atoms with Gasteiger partial charge in [0.2, 0.25) is 0 Å². The van der Waals surface area contributed by atoms with Crippen molar-refractivity contribution in [2.24, 2.45) is 0 Å². The summed E-state index contributed by atoms with van der Waals surface area (Å²) in [4.78, 5) is 0. The first kappa shape index (κ1) is 11.8. The smallest absolute Gasteiger partial charge is 0.159 e. The molecule has 3 rings (SSSR count). The van der Waals surface area contributed by atoms with E-state index < -0.39 is 0 Å². The Kier molecular flexibility index (Phi) is 3.35. The van der Waals surface area contributed by atoms with Crippen LogP contribution >= 0.6 is 0 Å². The lowest BCUT2D eigenvalue weighted by Crippen LogP contribution is -2.25. The first-order chi connectivity index (χ1) is 8.83. The number of aromatic nitrogens is 1. The largest absolute Gasteiger partial charge is 0.353 e. The molecule has 3 heteroatoms. The molecule has 0 radical (unpaired) electrons. The third-order valence-corrected chi connectivity index (χ3v) is 3.43. The van der Waals surface area contributed by atoms with E-state index in [-0.39, 0.29) is 6.29 Å². The summed E-state index contributed by atoms with van der Waals surface area (Å²) in [5.41, 5.74) is 2.59. The third-order valence-electron chi connectivity index (χ3n) is 3.43. The van der Waals surface area contributed by atoms with Crippen molar-refractivity contribution >= 4 is 10.9 Å². The normalized spacial score (nSPS) is 17.4. The van der Waals surface area contributed by atoms with Crippen molar-refractivity contribution in [2.75, 3.05) is 13.2 Å². The van der Waals surface area contributed by atoms with E-state index in [2.05, 4.69) is 42.0 Å². The van der Waals surface area contributed by atoms with E-state index in [0.29, 0.717) is 0 Å². The molecule has 0 aliphatic carbocycles. The van der Waals surface area contributed by atoms with Crippen LogP contribution in [0.2, 0.25) is 0 Å². The van der Waals surface area contributed by atoms with Crippen LogP contribution in [0.5, 0.6) is 0 Å². The van der Waals surface area contributed by atoms with Crippen LogP contribution in [0, 0.1) is 6.92 Å². The summed E-state index contributed by atoms with van der Waals surface area (Å²) in [6.45, 7) is 4.73. The van der Waals surface area contributed by atoms with Crippen molar-refractivity contribution in [3.8, 4) is 0 Å². The standard InChI is InChI=1S/C15H19NO2/c1-12-3-4-14-13(11-12)5-7-16(14)8-6-15-17-9-2-10-18-15/h3-5,7,11,15H,2,6,8-10H2,1H3. The summed E-state index contributed by atoms with van der Waals surface area (Å²) in [7, 11) is 0. The predicted molar refractivity (Wildman–Crippen MR) is 71.6 cm³/mol. The second kappa shape index (κ2) is 5.12. The molecular formula is C15H19NO2. The average molecular weight is 245 g/mol. The summed E-state index contributed by atoms with van der Waals surface area (Å²) >= 11 is 0. The summed E-state index contributed by atoms with van der Waals surface area (Å²) in [5.74, 6) is 0. The van der Waals surface area contributed by atoms with Crippen molar-refractivity contribution in [3.05, 3.63) is 36.0 Å². The van der Waals surface area contributed by atoms with Crippen LogP contribution in [0.3, 0.4) is 0 Å². The Bertz CT molecular complexity index is 526. The minimum absolute atomic E-state index is 0.0263. The maximum absolute atomic E-state index is 5.57. The van der Waals surface area contributed by atoms with Gasteiger partial charge in [-0.25, -0.2) is 0 Å². The van der Waals surface area contributed by atoms with Crippen molar-refractivity contribution in [1.82, 2.24) is 4.57 Å². The van der Waals surface area contributed by atoms with Crippen LogP contribution in [0.4, 0.5) is 0 Å². The van der Waals surface area contributed by atoms with Gasteiger partial charge in [-0.05, 0) is 36.9 Å². The quantitative estimate of drug-likeness (QED) is 0.829. The van der Waals surface area contributed by atoms with Crippen LogP contribution in [-0.4, -0.2) is 24.1 Å². The molecule has 1 aromatic heterocycles. The van der Waals surface area contributed by atoms with Crippen molar-refractivity contribution in [3.63, 3.8) is 0 Å².